The molecule has 1 unspecified atom stereocenters. The minimum atomic E-state index is -0.842. The summed E-state index contributed by atoms with van der Waals surface area (Å²) in [6, 6.07) is 15.9. The molecule has 3 aromatic rings. The lowest BCUT2D eigenvalue weighted by atomic mass is 10.1. The lowest BCUT2D eigenvalue weighted by Crippen LogP contribution is -2.30. The Morgan fingerprint density at radius 1 is 0.939 bits per heavy atom. The predicted octanol–water partition coefficient (Wildman–Crippen LogP) is 4.51. The van der Waals surface area contributed by atoms with E-state index >= 15 is 0 Å². The van der Waals surface area contributed by atoms with E-state index in [-0.39, 0.29) is 15.4 Å². The number of para-hydroxylation sites is 3. The van der Waals surface area contributed by atoms with Gasteiger partial charge in [0.2, 0.25) is 0 Å². The van der Waals surface area contributed by atoms with Gasteiger partial charge in [0.25, 0.3) is 11.8 Å². The third-order valence-electron chi connectivity index (χ3n) is 4.76. The second-order valence-corrected chi connectivity index (χ2v) is 7.99. The van der Waals surface area contributed by atoms with Gasteiger partial charge in [-0.1, -0.05) is 30.3 Å². The van der Waals surface area contributed by atoms with Crippen molar-refractivity contribution in [3.8, 4) is 11.5 Å². The first-order chi connectivity index (χ1) is 15.8. The minimum absolute atomic E-state index is 0.118. The van der Waals surface area contributed by atoms with Crippen LogP contribution < -0.4 is 20.1 Å². The average molecular weight is 469 g/mol. The lowest BCUT2D eigenvalue weighted by Gasteiger charge is -2.14. The Hall–Kier alpha value is -3.85. The summed E-state index contributed by atoms with van der Waals surface area (Å²) in [5.41, 5.74) is 0.993. The standard InChI is InChI=1S/C24H24N2O6S/c1-14-19(24(29)31-4)23(26-21(27)15(2)32-16-10-6-5-7-11-16)33-20(14)22(28)25-17-12-8-9-13-18(17)30-3/h5-13,15H,1-4H3,(H,25,28)(H,26,27). The number of amides is 2. The number of carbonyl (C=O) groups excluding carboxylic acids is 3. The SMILES string of the molecule is COC(=O)c1c(NC(=O)C(C)Oc2ccccc2)sc(C(=O)Nc2ccccc2OC)c1C. The van der Waals surface area contributed by atoms with E-state index in [0.29, 0.717) is 22.7 Å². The first kappa shape index (κ1) is 23.8. The zero-order valence-electron chi connectivity index (χ0n) is 18.6. The van der Waals surface area contributed by atoms with Crippen molar-refractivity contribution in [1.29, 1.82) is 0 Å². The van der Waals surface area contributed by atoms with E-state index in [1.54, 1.807) is 62.4 Å². The normalized spacial score (nSPS) is 11.3. The number of anilines is 2. The number of benzene rings is 2. The van der Waals surface area contributed by atoms with E-state index in [1.807, 2.05) is 6.07 Å². The van der Waals surface area contributed by atoms with E-state index in [0.717, 1.165) is 11.3 Å². The van der Waals surface area contributed by atoms with Crippen LogP contribution in [0.4, 0.5) is 10.7 Å². The first-order valence-corrected chi connectivity index (χ1v) is 10.9. The molecule has 2 amide bonds. The van der Waals surface area contributed by atoms with Gasteiger partial charge in [-0.3, -0.25) is 9.59 Å². The molecule has 0 saturated carbocycles. The Morgan fingerprint density at radius 2 is 1.61 bits per heavy atom. The summed E-state index contributed by atoms with van der Waals surface area (Å²) in [4.78, 5) is 38.4. The highest BCUT2D eigenvalue weighted by molar-refractivity contribution is 7.19. The number of nitrogens with one attached hydrogen (secondary N) is 2. The molecule has 3 rings (SSSR count). The number of hydrogen-bond acceptors (Lipinski definition) is 7. The van der Waals surface area contributed by atoms with Crippen molar-refractivity contribution >= 4 is 39.8 Å². The Morgan fingerprint density at radius 3 is 2.27 bits per heavy atom. The summed E-state index contributed by atoms with van der Waals surface area (Å²) >= 11 is 0.981. The number of ether oxygens (including phenoxy) is 3. The van der Waals surface area contributed by atoms with Crippen molar-refractivity contribution in [2.24, 2.45) is 0 Å². The molecule has 172 valence electrons. The van der Waals surface area contributed by atoms with E-state index in [1.165, 1.54) is 14.2 Å². The maximum absolute atomic E-state index is 13.0. The number of esters is 1. The average Bonchev–Trinajstić information content (AvgIpc) is 3.15. The molecular formula is C24H24N2O6S. The molecule has 0 bridgehead atoms. The number of methoxy groups -OCH3 is 2. The minimum Gasteiger partial charge on any atom is -0.495 e. The quantitative estimate of drug-likeness (QED) is 0.472. The second-order valence-electron chi connectivity index (χ2n) is 6.97. The molecule has 33 heavy (non-hydrogen) atoms. The van der Waals surface area contributed by atoms with Crippen molar-refractivity contribution in [3.05, 3.63) is 70.6 Å². The van der Waals surface area contributed by atoms with Crippen molar-refractivity contribution in [3.63, 3.8) is 0 Å². The Labute approximate surface area is 195 Å². The Bertz CT molecular complexity index is 1160. The van der Waals surface area contributed by atoms with E-state index in [9.17, 15) is 14.4 Å². The molecule has 9 heteroatoms. The van der Waals surface area contributed by atoms with Crippen LogP contribution in [-0.4, -0.2) is 38.1 Å². The molecule has 0 aliphatic heterocycles. The summed E-state index contributed by atoms with van der Waals surface area (Å²) < 4.78 is 15.8. The van der Waals surface area contributed by atoms with Crippen LogP contribution in [0.1, 0.15) is 32.5 Å². The largest absolute Gasteiger partial charge is 0.495 e. The van der Waals surface area contributed by atoms with Gasteiger partial charge in [-0.25, -0.2) is 4.79 Å². The molecule has 2 aromatic carbocycles. The van der Waals surface area contributed by atoms with Gasteiger partial charge < -0.3 is 24.8 Å². The monoisotopic (exact) mass is 468 g/mol. The topological polar surface area (TPSA) is 103 Å². The van der Waals surface area contributed by atoms with Crippen molar-refractivity contribution in [2.75, 3.05) is 24.9 Å². The second kappa shape index (κ2) is 10.6. The van der Waals surface area contributed by atoms with Crippen LogP contribution in [0.2, 0.25) is 0 Å². The molecule has 0 saturated heterocycles. The zero-order valence-corrected chi connectivity index (χ0v) is 19.4. The number of carbonyl (C=O) groups is 3. The third-order valence-corrected chi connectivity index (χ3v) is 5.97. The molecule has 0 spiro atoms. The fraction of sp³-hybridized carbons (Fsp3) is 0.208. The molecule has 0 aliphatic carbocycles. The smallest absolute Gasteiger partial charge is 0.341 e. The fourth-order valence-electron chi connectivity index (χ4n) is 3.06. The molecule has 1 atom stereocenters. The highest BCUT2D eigenvalue weighted by Gasteiger charge is 2.28. The van der Waals surface area contributed by atoms with Crippen LogP contribution >= 0.6 is 11.3 Å². The molecule has 0 fully saturated rings. The number of rotatable bonds is 8. The molecule has 0 radical (unpaired) electrons. The van der Waals surface area contributed by atoms with Crippen LogP contribution in [-0.2, 0) is 9.53 Å². The Kier molecular flexibility index (Phi) is 7.68. The summed E-state index contributed by atoms with van der Waals surface area (Å²) in [7, 11) is 2.74. The third kappa shape index (κ3) is 5.50. The summed E-state index contributed by atoms with van der Waals surface area (Å²) in [5.74, 6) is -0.545. The molecule has 1 aromatic heterocycles. The van der Waals surface area contributed by atoms with Crippen LogP contribution in [0.5, 0.6) is 11.5 Å². The van der Waals surface area contributed by atoms with Crippen LogP contribution in [0.25, 0.3) is 0 Å². The lowest BCUT2D eigenvalue weighted by molar-refractivity contribution is -0.122. The van der Waals surface area contributed by atoms with E-state index < -0.39 is 23.9 Å². The van der Waals surface area contributed by atoms with Gasteiger partial charge in [-0.15, -0.1) is 11.3 Å². The number of hydrogen-bond donors (Lipinski definition) is 2. The maximum atomic E-state index is 13.0. The molecule has 0 aliphatic rings. The van der Waals surface area contributed by atoms with Crippen LogP contribution in [0.3, 0.4) is 0 Å². The van der Waals surface area contributed by atoms with Crippen LogP contribution in [0.15, 0.2) is 54.6 Å². The van der Waals surface area contributed by atoms with Crippen LogP contribution in [0, 0.1) is 6.92 Å². The van der Waals surface area contributed by atoms with Gasteiger partial charge in [-0.2, -0.15) is 0 Å². The summed E-state index contributed by atoms with van der Waals surface area (Å²) in [6.45, 7) is 3.22. The van der Waals surface area contributed by atoms with E-state index in [4.69, 9.17) is 14.2 Å². The first-order valence-electron chi connectivity index (χ1n) is 10.0. The maximum Gasteiger partial charge on any atom is 0.341 e. The molecule has 8 nitrogen and oxygen atoms in total. The van der Waals surface area contributed by atoms with Gasteiger partial charge in [0.15, 0.2) is 6.10 Å². The van der Waals surface area contributed by atoms with Crippen molar-refractivity contribution in [1.82, 2.24) is 0 Å². The summed E-state index contributed by atoms with van der Waals surface area (Å²) in [6.07, 6.45) is -0.842. The molecular weight excluding hydrogens is 444 g/mol. The van der Waals surface area contributed by atoms with Gasteiger partial charge >= 0.3 is 5.97 Å². The Balaban J connectivity index is 1.85. The van der Waals surface area contributed by atoms with Gasteiger partial charge in [-0.05, 0) is 43.7 Å². The van der Waals surface area contributed by atoms with Crippen molar-refractivity contribution in [2.45, 2.75) is 20.0 Å². The van der Waals surface area contributed by atoms with Gasteiger partial charge in [0.1, 0.15) is 16.5 Å². The zero-order chi connectivity index (χ0) is 24.0. The predicted molar refractivity (Wildman–Crippen MR) is 127 cm³/mol. The highest BCUT2D eigenvalue weighted by Crippen LogP contribution is 2.35. The summed E-state index contributed by atoms with van der Waals surface area (Å²) in [5, 5.41) is 5.69. The van der Waals surface area contributed by atoms with Gasteiger partial charge in [0.05, 0.1) is 30.3 Å². The van der Waals surface area contributed by atoms with Crippen molar-refractivity contribution < 1.29 is 28.6 Å². The van der Waals surface area contributed by atoms with Gasteiger partial charge in [0, 0.05) is 0 Å². The highest BCUT2D eigenvalue weighted by atomic mass is 32.1. The molecule has 1 heterocycles. The fourth-order valence-corrected chi connectivity index (χ4v) is 4.16. The number of thiophene rings is 1. The molecule has 2 N–H and O–H groups in total. The van der Waals surface area contributed by atoms with E-state index in [2.05, 4.69) is 10.6 Å².